The Hall–Kier alpha value is -1.60. The molecular formula is C10H12F6N2O5. The Kier molecular flexibility index (Phi) is 5.82. The lowest BCUT2D eigenvalue weighted by molar-refractivity contribution is -0.212. The van der Waals surface area contributed by atoms with E-state index < -0.39 is 61.7 Å². The molecule has 23 heavy (non-hydrogen) atoms. The predicted octanol–water partition coefficient (Wildman–Crippen LogP) is -0.820. The maximum absolute atomic E-state index is 12.1. The molecule has 1 heterocycles. The van der Waals surface area contributed by atoms with Gasteiger partial charge in [0.25, 0.3) is 0 Å². The van der Waals surface area contributed by atoms with Gasteiger partial charge in [0.15, 0.2) is 6.29 Å². The van der Waals surface area contributed by atoms with Crippen molar-refractivity contribution in [1.29, 1.82) is 0 Å². The molecule has 1 fully saturated rings. The normalized spacial score (nSPS) is 29.0. The van der Waals surface area contributed by atoms with Gasteiger partial charge in [-0.3, -0.25) is 9.59 Å². The van der Waals surface area contributed by atoms with Crippen LogP contribution in [0.5, 0.6) is 0 Å². The molecule has 7 nitrogen and oxygen atoms in total. The van der Waals surface area contributed by atoms with Crippen molar-refractivity contribution in [3.05, 3.63) is 0 Å². The van der Waals surface area contributed by atoms with Crippen LogP contribution >= 0.6 is 0 Å². The van der Waals surface area contributed by atoms with E-state index in [0.29, 0.717) is 0 Å². The standard InChI is InChI=1S/C10H12F6N2O5/c11-9(12,13)7(21)17-2-4-6(20)3(1-5(19)23-4)18-8(22)10(14,15)16/h3-6,19-20H,1-2H2,(H,17,21)(H,18,22). The predicted molar refractivity (Wildman–Crippen MR) is 58.6 cm³/mol. The Morgan fingerprint density at radius 2 is 1.57 bits per heavy atom. The molecule has 1 saturated heterocycles. The van der Waals surface area contributed by atoms with Gasteiger partial charge in [-0.15, -0.1) is 0 Å². The fourth-order valence-corrected chi connectivity index (χ4v) is 1.81. The molecule has 1 aliphatic heterocycles. The van der Waals surface area contributed by atoms with Crippen LogP contribution in [0.15, 0.2) is 0 Å². The molecule has 0 radical (unpaired) electrons. The van der Waals surface area contributed by atoms with Gasteiger partial charge in [-0.1, -0.05) is 0 Å². The highest BCUT2D eigenvalue weighted by Crippen LogP contribution is 2.22. The van der Waals surface area contributed by atoms with Crippen molar-refractivity contribution in [3.8, 4) is 0 Å². The number of aliphatic hydroxyl groups excluding tert-OH is 2. The summed E-state index contributed by atoms with van der Waals surface area (Å²) in [6.45, 7) is -0.936. The SMILES string of the molecule is O=C(NCC1OC(O)CC(NC(=O)C(F)(F)F)C1O)C(F)(F)F. The molecule has 0 aromatic heterocycles. The Morgan fingerprint density at radius 3 is 2.04 bits per heavy atom. The lowest BCUT2D eigenvalue weighted by Gasteiger charge is -2.37. The van der Waals surface area contributed by atoms with Gasteiger partial charge in [-0.05, 0) is 0 Å². The summed E-state index contributed by atoms with van der Waals surface area (Å²) in [7, 11) is 0. The van der Waals surface area contributed by atoms with Crippen LogP contribution in [-0.4, -0.2) is 65.5 Å². The molecule has 0 aromatic carbocycles. The molecule has 4 atom stereocenters. The fraction of sp³-hybridized carbons (Fsp3) is 0.800. The van der Waals surface area contributed by atoms with Crippen LogP contribution in [0.3, 0.4) is 0 Å². The highest BCUT2D eigenvalue weighted by atomic mass is 19.4. The van der Waals surface area contributed by atoms with E-state index in [1.165, 1.54) is 10.6 Å². The average molecular weight is 354 g/mol. The van der Waals surface area contributed by atoms with E-state index in [0.717, 1.165) is 0 Å². The van der Waals surface area contributed by atoms with Gasteiger partial charge >= 0.3 is 24.2 Å². The van der Waals surface area contributed by atoms with Crippen LogP contribution in [0, 0.1) is 0 Å². The molecule has 0 aromatic rings. The van der Waals surface area contributed by atoms with E-state index >= 15 is 0 Å². The maximum atomic E-state index is 12.1. The molecule has 13 heteroatoms. The van der Waals surface area contributed by atoms with Crippen LogP contribution in [0.25, 0.3) is 0 Å². The van der Waals surface area contributed by atoms with Crippen LogP contribution in [0.2, 0.25) is 0 Å². The van der Waals surface area contributed by atoms with Crippen LogP contribution in [0.1, 0.15) is 6.42 Å². The maximum Gasteiger partial charge on any atom is 0.471 e. The van der Waals surface area contributed by atoms with Gasteiger partial charge in [-0.25, -0.2) is 0 Å². The first-order valence-electron chi connectivity index (χ1n) is 6.06. The first-order valence-corrected chi connectivity index (χ1v) is 6.06. The number of carbonyl (C=O) groups is 2. The molecule has 4 unspecified atom stereocenters. The van der Waals surface area contributed by atoms with Crippen molar-refractivity contribution in [3.63, 3.8) is 0 Å². The summed E-state index contributed by atoms with van der Waals surface area (Å²) in [5.74, 6) is -4.75. The van der Waals surface area contributed by atoms with Crippen molar-refractivity contribution in [1.82, 2.24) is 10.6 Å². The van der Waals surface area contributed by atoms with Crippen LogP contribution < -0.4 is 10.6 Å². The summed E-state index contributed by atoms with van der Waals surface area (Å²) < 4.78 is 77.1. The molecule has 0 spiro atoms. The zero-order valence-electron chi connectivity index (χ0n) is 11.1. The van der Waals surface area contributed by atoms with Crippen molar-refractivity contribution >= 4 is 11.8 Å². The minimum atomic E-state index is -5.25. The summed E-state index contributed by atoms with van der Waals surface area (Å²) in [5.41, 5.74) is 0. The van der Waals surface area contributed by atoms with Gasteiger partial charge in [0, 0.05) is 13.0 Å². The van der Waals surface area contributed by atoms with Crippen molar-refractivity contribution in [2.24, 2.45) is 0 Å². The molecule has 134 valence electrons. The first-order chi connectivity index (χ1) is 10.3. The number of ether oxygens (including phenoxy) is 1. The van der Waals surface area contributed by atoms with Gasteiger partial charge in [0.2, 0.25) is 0 Å². The van der Waals surface area contributed by atoms with Crippen LogP contribution in [-0.2, 0) is 14.3 Å². The highest BCUT2D eigenvalue weighted by molar-refractivity contribution is 5.82. The quantitative estimate of drug-likeness (QED) is 0.496. The number of alkyl halides is 6. The van der Waals surface area contributed by atoms with E-state index in [4.69, 9.17) is 0 Å². The fourth-order valence-electron chi connectivity index (χ4n) is 1.81. The number of hydrogen-bond donors (Lipinski definition) is 4. The van der Waals surface area contributed by atoms with Gasteiger partial charge in [0.1, 0.15) is 12.2 Å². The third kappa shape index (κ3) is 5.51. The largest absolute Gasteiger partial charge is 0.471 e. The van der Waals surface area contributed by atoms with E-state index in [1.807, 2.05) is 0 Å². The molecule has 1 rings (SSSR count). The average Bonchev–Trinajstić information content (AvgIpc) is 2.38. The number of aliphatic hydroxyl groups is 2. The van der Waals surface area contributed by atoms with Crippen LogP contribution in [0.4, 0.5) is 26.3 Å². The molecule has 4 N–H and O–H groups in total. The van der Waals surface area contributed by atoms with E-state index in [2.05, 4.69) is 4.74 Å². The molecule has 2 amide bonds. The topological polar surface area (TPSA) is 108 Å². The monoisotopic (exact) mass is 354 g/mol. The van der Waals surface area contributed by atoms with E-state index in [9.17, 15) is 46.1 Å². The Morgan fingerprint density at radius 1 is 1.04 bits per heavy atom. The second-order valence-corrected chi connectivity index (χ2v) is 4.64. The lowest BCUT2D eigenvalue weighted by atomic mass is 9.98. The number of halogens is 6. The Balaban J connectivity index is 2.68. The number of rotatable bonds is 3. The molecule has 0 aliphatic carbocycles. The smallest absolute Gasteiger partial charge is 0.388 e. The van der Waals surface area contributed by atoms with Gasteiger partial charge in [-0.2, -0.15) is 26.3 Å². The summed E-state index contributed by atoms with van der Waals surface area (Å²) in [6.07, 6.45) is -16.3. The lowest BCUT2D eigenvalue weighted by Crippen LogP contribution is -2.60. The minimum absolute atomic E-state index is 0.618. The summed E-state index contributed by atoms with van der Waals surface area (Å²) in [5, 5.41) is 21.8. The second kappa shape index (κ2) is 6.88. The van der Waals surface area contributed by atoms with E-state index in [1.54, 1.807) is 0 Å². The molecule has 0 bridgehead atoms. The zero-order chi connectivity index (χ0) is 18.0. The summed E-state index contributed by atoms with van der Waals surface area (Å²) >= 11 is 0. The Bertz CT molecular complexity index is 454. The van der Waals surface area contributed by atoms with Gasteiger partial charge in [0.05, 0.1) is 6.04 Å². The van der Waals surface area contributed by atoms with E-state index in [-0.39, 0.29) is 0 Å². The Labute approximate surface area is 124 Å². The third-order valence-electron chi connectivity index (χ3n) is 2.88. The first kappa shape index (κ1) is 19.4. The zero-order valence-corrected chi connectivity index (χ0v) is 11.1. The number of amides is 2. The summed E-state index contributed by atoms with van der Waals surface area (Å²) in [6, 6.07) is -1.62. The number of hydrogen-bond acceptors (Lipinski definition) is 5. The molecular weight excluding hydrogens is 342 g/mol. The summed E-state index contributed by atoms with van der Waals surface area (Å²) in [4.78, 5) is 21.4. The molecule has 1 aliphatic rings. The molecule has 0 saturated carbocycles. The van der Waals surface area contributed by atoms with Crippen molar-refractivity contribution in [2.75, 3.05) is 6.54 Å². The van der Waals surface area contributed by atoms with Crippen molar-refractivity contribution < 1.29 is 50.9 Å². The highest BCUT2D eigenvalue weighted by Gasteiger charge is 2.45. The number of nitrogens with one attached hydrogen (secondary N) is 2. The second-order valence-electron chi connectivity index (χ2n) is 4.64. The van der Waals surface area contributed by atoms with Crippen molar-refractivity contribution in [2.45, 2.75) is 43.3 Å². The van der Waals surface area contributed by atoms with Gasteiger partial charge < -0.3 is 25.6 Å². The minimum Gasteiger partial charge on any atom is -0.388 e. The number of carbonyl (C=O) groups excluding carboxylic acids is 2. The third-order valence-corrected chi connectivity index (χ3v) is 2.88.